The molecule has 1 N–H and O–H groups in total. The lowest BCUT2D eigenvalue weighted by Gasteiger charge is -2.09. The highest BCUT2D eigenvalue weighted by molar-refractivity contribution is 5.92. The van der Waals surface area contributed by atoms with E-state index in [1.54, 1.807) is 13.2 Å². The van der Waals surface area contributed by atoms with Crippen LogP contribution in [-0.4, -0.2) is 19.1 Å². The second-order valence-electron chi connectivity index (χ2n) is 5.07. The molecular formula is C16H21NO2. The van der Waals surface area contributed by atoms with Gasteiger partial charge in [-0.05, 0) is 38.0 Å². The van der Waals surface area contributed by atoms with E-state index < -0.39 is 0 Å². The van der Waals surface area contributed by atoms with Crippen molar-refractivity contribution < 1.29 is 9.53 Å². The number of aryl methyl sites for hydroxylation is 1. The summed E-state index contributed by atoms with van der Waals surface area (Å²) in [5, 5.41) is 3.03. The summed E-state index contributed by atoms with van der Waals surface area (Å²) in [6, 6.07) is 6.29. The van der Waals surface area contributed by atoms with Gasteiger partial charge in [0.05, 0.1) is 7.11 Å². The van der Waals surface area contributed by atoms with Crippen LogP contribution in [0.1, 0.15) is 36.8 Å². The SMILES string of the molecule is COc1ccc(C)cc1/C=C/C(=O)NC1CCCC1. The van der Waals surface area contributed by atoms with Crippen LogP contribution in [0.15, 0.2) is 24.3 Å². The minimum atomic E-state index is -0.0181. The van der Waals surface area contributed by atoms with Crippen LogP contribution in [0.3, 0.4) is 0 Å². The van der Waals surface area contributed by atoms with Crippen LogP contribution in [0.5, 0.6) is 5.75 Å². The Hall–Kier alpha value is -1.77. The number of hydrogen-bond donors (Lipinski definition) is 1. The molecule has 0 radical (unpaired) electrons. The number of nitrogens with one attached hydrogen (secondary N) is 1. The molecule has 0 unspecified atom stereocenters. The maximum Gasteiger partial charge on any atom is 0.244 e. The van der Waals surface area contributed by atoms with E-state index >= 15 is 0 Å². The second kappa shape index (κ2) is 6.41. The molecule has 0 aliphatic heterocycles. The number of amides is 1. The van der Waals surface area contributed by atoms with E-state index in [2.05, 4.69) is 5.32 Å². The lowest BCUT2D eigenvalue weighted by molar-refractivity contribution is -0.117. The van der Waals surface area contributed by atoms with Gasteiger partial charge in [-0.3, -0.25) is 4.79 Å². The van der Waals surface area contributed by atoms with Gasteiger partial charge in [0.2, 0.25) is 5.91 Å². The molecule has 0 atom stereocenters. The molecule has 1 aromatic rings. The molecule has 0 aromatic heterocycles. The Kier molecular flexibility index (Phi) is 4.61. The summed E-state index contributed by atoms with van der Waals surface area (Å²) in [4.78, 5) is 11.8. The summed E-state index contributed by atoms with van der Waals surface area (Å²) < 4.78 is 5.28. The lowest BCUT2D eigenvalue weighted by Crippen LogP contribution is -2.30. The molecule has 1 amide bonds. The minimum absolute atomic E-state index is 0.0181. The predicted molar refractivity (Wildman–Crippen MR) is 77.2 cm³/mol. The first-order chi connectivity index (χ1) is 9.19. The van der Waals surface area contributed by atoms with Gasteiger partial charge in [-0.1, -0.05) is 24.5 Å². The summed E-state index contributed by atoms with van der Waals surface area (Å²) >= 11 is 0. The number of carbonyl (C=O) groups excluding carboxylic acids is 1. The van der Waals surface area contributed by atoms with E-state index in [0.29, 0.717) is 6.04 Å². The Morgan fingerprint density at radius 2 is 2.11 bits per heavy atom. The van der Waals surface area contributed by atoms with E-state index in [1.165, 1.54) is 12.8 Å². The summed E-state index contributed by atoms with van der Waals surface area (Å²) in [5.41, 5.74) is 2.08. The molecule has 1 fully saturated rings. The number of methoxy groups -OCH3 is 1. The molecule has 0 saturated heterocycles. The summed E-state index contributed by atoms with van der Waals surface area (Å²) in [6.07, 6.45) is 8.06. The van der Waals surface area contributed by atoms with Gasteiger partial charge in [-0.25, -0.2) is 0 Å². The van der Waals surface area contributed by atoms with Crippen LogP contribution in [0, 0.1) is 6.92 Å². The number of rotatable bonds is 4. The van der Waals surface area contributed by atoms with Crippen LogP contribution in [0.2, 0.25) is 0 Å². The van der Waals surface area contributed by atoms with Crippen molar-refractivity contribution in [1.29, 1.82) is 0 Å². The molecular weight excluding hydrogens is 238 g/mol. The molecule has 3 nitrogen and oxygen atoms in total. The van der Waals surface area contributed by atoms with Gasteiger partial charge in [0, 0.05) is 17.7 Å². The lowest BCUT2D eigenvalue weighted by atomic mass is 10.1. The highest BCUT2D eigenvalue weighted by Crippen LogP contribution is 2.21. The van der Waals surface area contributed by atoms with Gasteiger partial charge in [-0.15, -0.1) is 0 Å². The molecule has 1 aliphatic rings. The number of hydrogen-bond acceptors (Lipinski definition) is 2. The fourth-order valence-corrected chi connectivity index (χ4v) is 2.47. The topological polar surface area (TPSA) is 38.3 Å². The van der Waals surface area contributed by atoms with Crippen LogP contribution in [0.25, 0.3) is 6.08 Å². The van der Waals surface area contributed by atoms with E-state index in [1.807, 2.05) is 31.2 Å². The Morgan fingerprint density at radius 3 is 2.79 bits per heavy atom. The van der Waals surface area contributed by atoms with Crippen LogP contribution in [0.4, 0.5) is 0 Å². The predicted octanol–water partition coefficient (Wildman–Crippen LogP) is 3.08. The van der Waals surface area contributed by atoms with E-state index in [9.17, 15) is 4.79 Å². The first-order valence-electron chi connectivity index (χ1n) is 6.82. The maximum atomic E-state index is 11.8. The molecule has 102 valence electrons. The van der Waals surface area contributed by atoms with Crippen molar-refractivity contribution in [1.82, 2.24) is 5.32 Å². The second-order valence-corrected chi connectivity index (χ2v) is 5.07. The van der Waals surface area contributed by atoms with E-state index in [-0.39, 0.29) is 5.91 Å². The fraction of sp³-hybridized carbons (Fsp3) is 0.438. The first kappa shape index (κ1) is 13.7. The van der Waals surface area contributed by atoms with Crippen molar-refractivity contribution in [2.24, 2.45) is 0 Å². The average molecular weight is 259 g/mol. The monoisotopic (exact) mass is 259 g/mol. The van der Waals surface area contributed by atoms with Crippen molar-refractivity contribution in [2.45, 2.75) is 38.6 Å². The quantitative estimate of drug-likeness (QED) is 0.844. The minimum Gasteiger partial charge on any atom is -0.496 e. The highest BCUT2D eigenvalue weighted by atomic mass is 16.5. The number of carbonyl (C=O) groups is 1. The zero-order valence-electron chi connectivity index (χ0n) is 11.6. The van der Waals surface area contributed by atoms with Gasteiger partial charge in [0.15, 0.2) is 0 Å². The molecule has 2 rings (SSSR count). The Bertz CT molecular complexity index is 474. The normalized spacial score (nSPS) is 15.9. The largest absolute Gasteiger partial charge is 0.496 e. The average Bonchev–Trinajstić information content (AvgIpc) is 2.89. The van der Waals surface area contributed by atoms with Crippen LogP contribution >= 0.6 is 0 Å². The summed E-state index contributed by atoms with van der Waals surface area (Å²) in [5.74, 6) is 0.769. The van der Waals surface area contributed by atoms with Gasteiger partial charge in [-0.2, -0.15) is 0 Å². The standard InChI is InChI=1S/C16H21NO2/c1-12-7-9-15(19-2)13(11-12)8-10-16(18)17-14-5-3-4-6-14/h7-11,14H,3-6H2,1-2H3,(H,17,18)/b10-8+. The van der Waals surface area contributed by atoms with Crippen LogP contribution in [-0.2, 0) is 4.79 Å². The Morgan fingerprint density at radius 1 is 1.37 bits per heavy atom. The molecule has 19 heavy (non-hydrogen) atoms. The molecule has 1 aromatic carbocycles. The van der Waals surface area contributed by atoms with Crippen LogP contribution < -0.4 is 10.1 Å². The third-order valence-electron chi connectivity index (χ3n) is 3.50. The van der Waals surface area contributed by atoms with Gasteiger partial charge in [0.1, 0.15) is 5.75 Å². The molecule has 0 heterocycles. The molecule has 0 bridgehead atoms. The van der Waals surface area contributed by atoms with E-state index in [0.717, 1.165) is 29.7 Å². The summed E-state index contributed by atoms with van der Waals surface area (Å²) in [7, 11) is 1.64. The maximum absolute atomic E-state index is 11.8. The smallest absolute Gasteiger partial charge is 0.244 e. The molecule has 0 spiro atoms. The number of ether oxygens (including phenoxy) is 1. The number of benzene rings is 1. The van der Waals surface area contributed by atoms with Gasteiger partial charge >= 0.3 is 0 Å². The third kappa shape index (κ3) is 3.85. The van der Waals surface area contributed by atoms with Crippen molar-refractivity contribution in [3.05, 3.63) is 35.4 Å². The van der Waals surface area contributed by atoms with Crippen molar-refractivity contribution in [3.8, 4) is 5.75 Å². The molecule has 1 aliphatic carbocycles. The van der Waals surface area contributed by atoms with Gasteiger partial charge in [0.25, 0.3) is 0 Å². The summed E-state index contributed by atoms with van der Waals surface area (Å²) in [6.45, 7) is 2.02. The van der Waals surface area contributed by atoms with Crippen molar-refractivity contribution >= 4 is 12.0 Å². The zero-order chi connectivity index (χ0) is 13.7. The highest BCUT2D eigenvalue weighted by Gasteiger charge is 2.15. The van der Waals surface area contributed by atoms with Gasteiger partial charge < -0.3 is 10.1 Å². The van der Waals surface area contributed by atoms with Crippen molar-refractivity contribution in [2.75, 3.05) is 7.11 Å². The zero-order valence-corrected chi connectivity index (χ0v) is 11.6. The third-order valence-corrected chi connectivity index (χ3v) is 3.50. The Labute approximate surface area is 114 Å². The first-order valence-corrected chi connectivity index (χ1v) is 6.82. The van der Waals surface area contributed by atoms with Crippen molar-refractivity contribution in [3.63, 3.8) is 0 Å². The fourth-order valence-electron chi connectivity index (χ4n) is 2.47. The van der Waals surface area contributed by atoms with E-state index in [4.69, 9.17) is 4.74 Å². The molecule has 1 saturated carbocycles. The Balaban J connectivity index is 2.00. The molecule has 3 heteroatoms.